The Morgan fingerprint density at radius 3 is 2.48 bits per heavy atom. The topological polar surface area (TPSA) is 79.4 Å². The molecule has 1 saturated heterocycles. The van der Waals surface area contributed by atoms with Gasteiger partial charge in [0.1, 0.15) is 5.69 Å². The van der Waals surface area contributed by atoms with Crippen LogP contribution in [0.5, 0.6) is 0 Å². The largest absolute Gasteiger partial charge is 0.369 e. The Morgan fingerprint density at radius 1 is 1.20 bits per heavy atom. The monoisotopic (exact) mass is 359 g/mol. The molecule has 3 rings (SSSR count). The lowest BCUT2D eigenvalue weighted by Crippen LogP contribution is -2.32. The van der Waals surface area contributed by atoms with E-state index in [-0.39, 0.29) is 23.5 Å². The molecule has 6 nitrogen and oxygen atoms in total. The summed E-state index contributed by atoms with van der Waals surface area (Å²) in [7, 11) is -1.08. The van der Waals surface area contributed by atoms with Gasteiger partial charge in [-0.15, -0.1) is 0 Å². The molecule has 7 heteroatoms. The summed E-state index contributed by atoms with van der Waals surface area (Å²) in [6, 6.07) is 10.9. The van der Waals surface area contributed by atoms with E-state index in [1.165, 1.54) is 0 Å². The minimum absolute atomic E-state index is 0.0426. The first-order valence-electron chi connectivity index (χ1n) is 8.11. The van der Waals surface area contributed by atoms with Crippen molar-refractivity contribution in [2.75, 3.05) is 28.8 Å². The van der Waals surface area contributed by atoms with Crippen molar-refractivity contribution in [2.45, 2.75) is 19.4 Å². The fraction of sp³-hybridized carbons (Fsp3) is 0.333. The summed E-state index contributed by atoms with van der Waals surface area (Å²) in [4.78, 5) is 18.4. The molecule has 1 unspecified atom stereocenters. The normalized spacial score (nSPS) is 18.7. The zero-order valence-corrected chi connectivity index (χ0v) is 15.1. The van der Waals surface area contributed by atoms with Crippen LogP contribution < -0.4 is 10.2 Å². The van der Waals surface area contributed by atoms with Gasteiger partial charge in [0.25, 0.3) is 5.91 Å². The van der Waals surface area contributed by atoms with Crippen LogP contribution >= 0.6 is 0 Å². The molecule has 0 bridgehead atoms. The summed E-state index contributed by atoms with van der Waals surface area (Å²) in [6.07, 6.45) is 2.23. The third-order valence-corrected chi connectivity index (χ3v) is 6.20. The smallest absolute Gasteiger partial charge is 0.274 e. The number of sulfone groups is 1. The Kier molecular flexibility index (Phi) is 4.76. The molecule has 1 atom stereocenters. The molecule has 1 aliphatic rings. The maximum absolute atomic E-state index is 12.3. The first kappa shape index (κ1) is 17.4. The highest BCUT2D eigenvalue weighted by atomic mass is 32.2. The van der Waals surface area contributed by atoms with Crippen molar-refractivity contribution in [1.82, 2.24) is 4.98 Å². The van der Waals surface area contributed by atoms with E-state index in [0.717, 1.165) is 16.9 Å². The summed E-state index contributed by atoms with van der Waals surface area (Å²) in [5.41, 5.74) is 2.96. The van der Waals surface area contributed by atoms with E-state index in [1.54, 1.807) is 18.3 Å². The van der Waals surface area contributed by atoms with E-state index >= 15 is 0 Å². The van der Waals surface area contributed by atoms with Gasteiger partial charge in [-0.05, 0) is 37.6 Å². The van der Waals surface area contributed by atoms with Gasteiger partial charge in [-0.1, -0.05) is 17.7 Å². The summed E-state index contributed by atoms with van der Waals surface area (Å²) >= 11 is 0. The highest BCUT2D eigenvalue weighted by Gasteiger charge is 2.30. The van der Waals surface area contributed by atoms with Gasteiger partial charge in [-0.2, -0.15) is 0 Å². The predicted molar refractivity (Wildman–Crippen MR) is 98.8 cm³/mol. The van der Waals surface area contributed by atoms with E-state index in [0.29, 0.717) is 12.1 Å². The summed E-state index contributed by atoms with van der Waals surface area (Å²) in [5.74, 6) is 0.118. The standard InChI is InChI=1S/C18H21N3O3S/c1-13-3-5-14(6-4-13)20-18(22)17-8-7-15(11-19-17)21(2)16-9-10-25(23,24)12-16/h3-8,11,16H,9-10,12H2,1-2H3,(H,20,22). The Labute approximate surface area is 147 Å². The molecule has 1 N–H and O–H groups in total. The summed E-state index contributed by atoms with van der Waals surface area (Å²) in [5, 5.41) is 2.81. The second-order valence-electron chi connectivity index (χ2n) is 6.39. The van der Waals surface area contributed by atoms with Crippen LogP contribution in [0.15, 0.2) is 42.6 Å². The molecule has 1 aromatic carbocycles. The third-order valence-electron chi connectivity index (χ3n) is 4.45. The number of pyridine rings is 1. The van der Waals surface area contributed by atoms with Gasteiger partial charge in [0, 0.05) is 18.8 Å². The van der Waals surface area contributed by atoms with Crippen LogP contribution in [-0.2, 0) is 9.84 Å². The minimum Gasteiger partial charge on any atom is -0.369 e. The molecule has 0 radical (unpaired) electrons. The van der Waals surface area contributed by atoms with Crippen molar-refractivity contribution < 1.29 is 13.2 Å². The number of anilines is 2. The van der Waals surface area contributed by atoms with E-state index in [1.807, 2.05) is 43.1 Å². The molecule has 25 heavy (non-hydrogen) atoms. The Bertz CT molecular complexity index is 861. The van der Waals surface area contributed by atoms with Crippen molar-refractivity contribution in [3.05, 3.63) is 53.9 Å². The van der Waals surface area contributed by atoms with Crippen LogP contribution in [0.3, 0.4) is 0 Å². The van der Waals surface area contributed by atoms with Crippen LogP contribution in [0.25, 0.3) is 0 Å². The molecule has 0 spiro atoms. The Balaban J connectivity index is 1.67. The first-order valence-corrected chi connectivity index (χ1v) is 9.93. The molecule has 1 fully saturated rings. The predicted octanol–water partition coefficient (Wildman–Crippen LogP) is 2.27. The average molecular weight is 359 g/mol. The zero-order chi connectivity index (χ0) is 18.0. The van der Waals surface area contributed by atoms with Crippen LogP contribution in [0, 0.1) is 6.92 Å². The van der Waals surface area contributed by atoms with Crippen LogP contribution in [-0.4, -0.2) is 43.9 Å². The number of hydrogen-bond donors (Lipinski definition) is 1. The lowest BCUT2D eigenvalue weighted by molar-refractivity contribution is 0.102. The highest BCUT2D eigenvalue weighted by Crippen LogP contribution is 2.22. The number of hydrogen-bond acceptors (Lipinski definition) is 5. The highest BCUT2D eigenvalue weighted by molar-refractivity contribution is 7.91. The second-order valence-corrected chi connectivity index (χ2v) is 8.62. The van der Waals surface area contributed by atoms with Gasteiger partial charge in [-0.25, -0.2) is 13.4 Å². The lowest BCUT2D eigenvalue weighted by Gasteiger charge is -2.25. The van der Waals surface area contributed by atoms with E-state index in [9.17, 15) is 13.2 Å². The molecule has 2 heterocycles. The van der Waals surface area contributed by atoms with Gasteiger partial charge in [0.05, 0.1) is 23.4 Å². The second kappa shape index (κ2) is 6.84. The number of amides is 1. The van der Waals surface area contributed by atoms with Gasteiger partial charge in [-0.3, -0.25) is 4.79 Å². The molecule has 0 aliphatic carbocycles. The van der Waals surface area contributed by atoms with E-state index in [2.05, 4.69) is 10.3 Å². The van der Waals surface area contributed by atoms with Crippen LogP contribution in [0.2, 0.25) is 0 Å². The fourth-order valence-corrected chi connectivity index (χ4v) is 4.63. The number of benzene rings is 1. The Morgan fingerprint density at radius 2 is 1.92 bits per heavy atom. The number of carbonyl (C=O) groups excluding carboxylic acids is 1. The van der Waals surface area contributed by atoms with Gasteiger partial charge in [0.15, 0.2) is 9.84 Å². The molecule has 0 saturated carbocycles. The minimum atomic E-state index is -2.93. The van der Waals surface area contributed by atoms with Gasteiger partial charge < -0.3 is 10.2 Å². The zero-order valence-electron chi connectivity index (χ0n) is 14.3. The number of carbonyl (C=O) groups is 1. The molecule has 1 aromatic heterocycles. The number of aromatic nitrogens is 1. The molecule has 1 amide bonds. The van der Waals surface area contributed by atoms with Crippen molar-refractivity contribution in [3.8, 4) is 0 Å². The molecule has 1 aliphatic heterocycles. The summed E-state index contributed by atoms with van der Waals surface area (Å²) in [6.45, 7) is 1.98. The number of aryl methyl sites for hydroxylation is 1. The van der Waals surface area contributed by atoms with Crippen LogP contribution in [0.4, 0.5) is 11.4 Å². The van der Waals surface area contributed by atoms with Gasteiger partial charge >= 0.3 is 0 Å². The molecule has 2 aromatic rings. The number of rotatable bonds is 4. The molecule has 132 valence electrons. The Hall–Kier alpha value is -2.41. The number of nitrogens with one attached hydrogen (secondary N) is 1. The third kappa shape index (κ3) is 4.17. The number of nitrogens with zero attached hydrogens (tertiary/aromatic N) is 2. The quantitative estimate of drug-likeness (QED) is 0.906. The average Bonchev–Trinajstić information content (AvgIpc) is 2.96. The van der Waals surface area contributed by atoms with Crippen molar-refractivity contribution in [3.63, 3.8) is 0 Å². The van der Waals surface area contributed by atoms with Crippen molar-refractivity contribution in [2.24, 2.45) is 0 Å². The van der Waals surface area contributed by atoms with Crippen LogP contribution in [0.1, 0.15) is 22.5 Å². The molecular weight excluding hydrogens is 338 g/mol. The van der Waals surface area contributed by atoms with Crippen molar-refractivity contribution >= 4 is 27.1 Å². The first-order chi connectivity index (χ1) is 11.8. The van der Waals surface area contributed by atoms with E-state index < -0.39 is 9.84 Å². The van der Waals surface area contributed by atoms with Gasteiger partial charge in [0.2, 0.25) is 0 Å². The SMILES string of the molecule is Cc1ccc(NC(=O)c2ccc(N(C)C3CCS(=O)(=O)C3)cn2)cc1. The maximum Gasteiger partial charge on any atom is 0.274 e. The van der Waals surface area contributed by atoms with E-state index in [4.69, 9.17) is 0 Å². The molecular formula is C18H21N3O3S. The fourth-order valence-electron chi connectivity index (χ4n) is 2.85. The van der Waals surface area contributed by atoms with Crippen molar-refractivity contribution in [1.29, 1.82) is 0 Å². The lowest BCUT2D eigenvalue weighted by atomic mass is 10.2. The summed E-state index contributed by atoms with van der Waals surface area (Å²) < 4.78 is 23.2. The maximum atomic E-state index is 12.3.